The molecule has 0 atom stereocenters. The van der Waals surface area contributed by atoms with Gasteiger partial charge in [0.1, 0.15) is 5.65 Å². The molecule has 0 N–H and O–H groups in total. The van der Waals surface area contributed by atoms with Crippen molar-refractivity contribution < 1.29 is 0 Å². The highest BCUT2D eigenvalue weighted by atomic mass is 16.2. The molecule has 5 heteroatoms. The lowest BCUT2D eigenvalue weighted by molar-refractivity contribution is 0.606. The van der Waals surface area contributed by atoms with Gasteiger partial charge in [-0.2, -0.15) is 0 Å². The number of rotatable bonds is 2. The third kappa shape index (κ3) is 1.66. The highest BCUT2D eigenvalue weighted by Gasteiger charge is 2.13. The van der Waals surface area contributed by atoms with Gasteiger partial charge in [-0.1, -0.05) is 18.2 Å². The van der Waals surface area contributed by atoms with Crippen LogP contribution in [0, 0.1) is 0 Å². The fraction of sp³-hybridized carbons (Fsp3) is 0.267. The van der Waals surface area contributed by atoms with Crippen LogP contribution in [-0.4, -0.2) is 14.1 Å². The molecule has 0 aliphatic rings. The first kappa shape index (κ1) is 12.6. The van der Waals surface area contributed by atoms with Crippen LogP contribution in [0.25, 0.3) is 21.9 Å². The average Bonchev–Trinajstić information content (AvgIpc) is 2.47. The average molecular weight is 269 g/mol. The second kappa shape index (κ2) is 4.59. The number of nitrogens with zero attached hydrogens (tertiary/aromatic N) is 3. The van der Waals surface area contributed by atoms with Gasteiger partial charge in [-0.3, -0.25) is 13.9 Å². The zero-order chi connectivity index (χ0) is 14.3. The number of pyridine rings is 1. The van der Waals surface area contributed by atoms with Gasteiger partial charge < -0.3 is 0 Å². The van der Waals surface area contributed by atoms with E-state index in [4.69, 9.17) is 0 Å². The van der Waals surface area contributed by atoms with Crippen LogP contribution in [-0.2, 0) is 13.1 Å². The number of para-hydroxylation sites is 1. The number of hydrogen-bond donors (Lipinski definition) is 0. The fourth-order valence-electron chi connectivity index (χ4n) is 2.50. The molecule has 0 amide bonds. The van der Waals surface area contributed by atoms with E-state index < -0.39 is 0 Å². The van der Waals surface area contributed by atoms with Gasteiger partial charge in [0.25, 0.3) is 5.56 Å². The molecule has 20 heavy (non-hydrogen) atoms. The predicted octanol–water partition coefficient (Wildman–Crippen LogP) is 1.75. The summed E-state index contributed by atoms with van der Waals surface area (Å²) in [6.45, 7) is 4.52. The van der Waals surface area contributed by atoms with Crippen LogP contribution in [0.15, 0.2) is 39.9 Å². The fourth-order valence-corrected chi connectivity index (χ4v) is 2.50. The molecular weight excluding hydrogens is 254 g/mol. The highest BCUT2D eigenvalue weighted by molar-refractivity contribution is 5.90. The van der Waals surface area contributed by atoms with Gasteiger partial charge in [0.05, 0.1) is 10.9 Å². The van der Waals surface area contributed by atoms with Gasteiger partial charge in [0.2, 0.25) is 0 Å². The smallest absolute Gasteiger partial charge is 0.278 e. The standard InChI is InChI=1S/C15H15N3O2/c1-3-17-13-11(14(19)18(4-2)15(17)20)9-10-7-5-6-8-12(10)16-13/h5-9H,3-4H2,1-2H3. The molecule has 0 aliphatic carbocycles. The van der Waals surface area contributed by atoms with E-state index in [9.17, 15) is 9.59 Å². The van der Waals surface area contributed by atoms with E-state index in [1.165, 1.54) is 4.57 Å². The zero-order valence-electron chi connectivity index (χ0n) is 11.5. The van der Waals surface area contributed by atoms with Crippen LogP contribution in [0.4, 0.5) is 0 Å². The number of aryl methyl sites for hydroxylation is 1. The van der Waals surface area contributed by atoms with Gasteiger partial charge in [0.15, 0.2) is 0 Å². The molecule has 0 bridgehead atoms. The Balaban J connectivity index is 2.61. The summed E-state index contributed by atoms with van der Waals surface area (Å²) in [5, 5.41) is 1.40. The van der Waals surface area contributed by atoms with Crippen LogP contribution in [0.5, 0.6) is 0 Å². The van der Waals surface area contributed by atoms with E-state index in [-0.39, 0.29) is 11.2 Å². The Hall–Kier alpha value is -2.43. The van der Waals surface area contributed by atoms with Crippen LogP contribution in [0.1, 0.15) is 13.8 Å². The quantitative estimate of drug-likeness (QED) is 0.666. The van der Waals surface area contributed by atoms with E-state index in [1.54, 1.807) is 11.5 Å². The van der Waals surface area contributed by atoms with E-state index in [0.717, 1.165) is 10.9 Å². The van der Waals surface area contributed by atoms with Crippen LogP contribution < -0.4 is 11.2 Å². The minimum absolute atomic E-state index is 0.268. The number of fused-ring (bicyclic) bond motifs is 2. The number of hydrogen-bond acceptors (Lipinski definition) is 3. The van der Waals surface area contributed by atoms with E-state index >= 15 is 0 Å². The molecule has 0 aliphatic heterocycles. The lowest BCUT2D eigenvalue weighted by Gasteiger charge is -2.11. The molecule has 2 heterocycles. The lowest BCUT2D eigenvalue weighted by Crippen LogP contribution is -2.39. The Bertz CT molecular complexity index is 922. The van der Waals surface area contributed by atoms with Crippen molar-refractivity contribution in [2.24, 2.45) is 0 Å². The molecule has 0 unspecified atom stereocenters. The molecule has 0 fully saturated rings. The maximum absolute atomic E-state index is 12.4. The summed E-state index contributed by atoms with van der Waals surface area (Å²) >= 11 is 0. The number of benzene rings is 1. The third-order valence-corrected chi connectivity index (χ3v) is 3.53. The maximum Gasteiger partial charge on any atom is 0.332 e. The molecule has 0 spiro atoms. The van der Waals surface area contributed by atoms with Crippen molar-refractivity contribution in [2.45, 2.75) is 26.9 Å². The van der Waals surface area contributed by atoms with Gasteiger partial charge >= 0.3 is 5.69 Å². The maximum atomic E-state index is 12.4. The predicted molar refractivity (Wildman–Crippen MR) is 79.1 cm³/mol. The molecular formula is C15H15N3O2. The first-order valence-corrected chi connectivity index (χ1v) is 6.70. The molecule has 3 rings (SSSR count). The largest absolute Gasteiger partial charge is 0.332 e. The topological polar surface area (TPSA) is 56.9 Å². The SMILES string of the molecule is CCn1c(=O)c2cc3ccccc3nc2n(CC)c1=O. The summed E-state index contributed by atoms with van der Waals surface area (Å²) in [6.07, 6.45) is 0. The van der Waals surface area contributed by atoms with Crippen molar-refractivity contribution in [3.05, 3.63) is 51.2 Å². The van der Waals surface area contributed by atoms with Crippen LogP contribution >= 0.6 is 0 Å². The summed E-state index contributed by atoms with van der Waals surface area (Å²) < 4.78 is 2.80. The summed E-state index contributed by atoms with van der Waals surface area (Å²) in [5.74, 6) is 0. The first-order chi connectivity index (χ1) is 9.67. The summed E-state index contributed by atoms with van der Waals surface area (Å²) in [6, 6.07) is 9.41. The minimum Gasteiger partial charge on any atom is -0.278 e. The normalized spacial score (nSPS) is 11.3. The van der Waals surface area contributed by atoms with Gasteiger partial charge in [-0.25, -0.2) is 9.78 Å². The van der Waals surface area contributed by atoms with Crippen molar-refractivity contribution >= 4 is 21.9 Å². The zero-order valence-corrected chi connectivity index (χ0v) is 11.5. The van der Waals surface area contributed by atoms with Crippen molar-refractivity contribution in [3.63, 3.8) is 0 Å². The van der Waals surface area contributed by atoms with Crippen LogP contribution in [0.3, 0.4) is 0 Å². The third-order valence-electron chi connectivity index (χ3n) is 3.53. The monoisotopic (exact) mass is 269 g/mol. The Kier molecular flexibility index (Phi) is 2.89. The van der Waals surface area contributed by atoms with Gasteiger partial charge in [-0.15, -0.1) is 0 Å². The van der Waals surface area contributed by atoms with Crippen molar-refractivity contribution in [1.82, 2.24) is 14.1 Å². The van der Waals surface area contributed by atoms with Gasteiger partial charge in [0, 0.05) is 18.5 Å². The second-order valence-electron chi connectivity index (χ2n) is 4.63. The van der Waals surface area contributed by atoms with Gasteiger partial charge in [-0.05, 0) is 26.0 Å². The summed E-state index contributed by atoms with van der Waals surface area (Å²) in [4.78, 5) is 29.2. The molecule has 0 radical (unpaired) electrons. The Morgan fingerprint density at radius 3 is 2.45 bits per heavy atom. The molecule has 0 saturated carbocycles. The molecule has 0 saturated heterocycles. The lowest BCUT2D eigenvalue weighted by atomic mass is 10.2. The highest BCUT2D eigenvalue weighted by Crippen LogP contribution is 2.16. The minimum atomic E-state index is -0.296. The second-order valence-corrected chi connectivity index (χ2v) is 4.63. The molecule has 5 nitrogen and oxygen atoms in total. The van der Waals surface area contributed by atoms with Crippen molar-refractivity contribution in [2.75, 3.05) is 0 Å². The summed E-state index contributed by atoms with van der Waals surface area (Å²) in [5.41, 5.74) is 0.687. The Labute approximate surface area is 115 Å². The number of aromatic nitrogens is 3. The van der Waals surface area contributed by atoms with Crippen molar-refractivity contribution in [3.8, 4) is 0 Å². The first-order valence-electron chi connectivity index (χ1n) is 6.70. The van der Waals surface area contributed by atoms with Crippen molar-refractivity contribution in [1.29, 1.82) is 0 Å². The van der Waals surface area contributed by atoms with Crippen LogP contribution in [0.2, 0.25) is 0 Å². The van der Waals surface area contributed by atoms with E-state index in [2.05, 4.69) is 4.98 Å². The molecule has 1 aromatic carbocycles. The molecule has 102 valence electrons. The molecule has 3 aromatic rings. The van der Waals surface area contributed by atoms with E-state index in [1.807, 2.05) is 37.3 Å². The summed E-state index contributed by atoms with van der Waals surface area (Å²) in [7, 11) is 0. The van der Waals surface area contributed by atoms with E-state index in [0.29, 0.717) is 24.1 Å². The molecule has 2 aromatic heterocycles. The Morgan fingerprint density at radius 1 is 1.05 bits per heavy atom. The Morgan fingerprint density at radius 2 is 1.75 bits per heavy atom.